The Labute approximate surface area is 190 Å². The third kappa shape index (κ3) is 6.96. The molecule has 2 heterocycles. The van der Waals surface area contributed by atoms with Crippen molar-refractivity contribution in [3.8, 4) is 0 Å². The van der Waals surface area contributed by atoms with Crippen molar-refractivity contribution in [3.63, 3.8) is 0 Å². The second-order valence-corrected chi connectivity index (χ2v) is 9.25. The number of nitrogens with one attached hydrogen (secondary N) is 1. The maximum Gasteiger partial charge on any atom is 0.264 e. The summed E-state index contributed by atoms with van der Waals surface area (Å²) in [5.74, 6) is -0.0770. The number of hydrogen-bond donors (Lipinski definition) is 1. The summed E-state index contributed by atoms with van der Waals surface area (Å²) in [6, 6.07) is 8.25. The molecule has 31 heavy (non-hydrogen) atoms. The molecule has 6 heteroatoms. The van der Waals surface area contributed by atoms with Crippen LogP contribution in [-0.2, 0) is 16.0 Å². The lowest BCUT2D eigenvalue weighted by Crippen LogP contribution is -2.29. The van der Waals surface area contributed by atoms with Gasteiger partial charge < -0.3 is 15.0 Å². The molecule has 2 aliphatic heterocycles. The minimum absolute atomic E-state index is 0.0770. The summed E-state index contributed by atoms with van der Waals surface area (Å²) < 4.78 is 0. The molecule has 0 aromatic heterocycles. The standard InChI is InChI=1S/C25H35N3O2S/c1-2-3-4-5-6-7-11-20-13-15-21(16-14-20)27-24(30)23-22(12-8-9-19-29)28-18-10-17-26-25(28)31-23/h13-16,19H,2-12,17-18H2,1H3,(H,27,30). The van der Waals surface area contributed by atoms with Gasteiger partial charge in [-0.05, 0) is 61.6 Å². The van der Waals surface area contributed by atoms with Gasteiger partial charge in [-0.1, -0.05) is 51.2 Å². The summed E-state index contributed by atoms with van der Waals surface area (Å²) in [5, 5.41) is 3.99. The molecule has 0 radical (unpaired) electrons. The third-order valence-corrected chi connectivity index (χ3v) is 6.93. The molecule has 0 saturated carbocycles. The van der Waals surface area contributed by atoms with Gasteiger partial charge in [0.2, 0.25) is 0 Å². The fraction of sp³-hybridized carbons (Fsp3) is 0.560. The Kier molecular flexibility index (Phi) is 9.66. The Morgan fingerprint density at radius 1 is 1.10 bits per heavy atom. The van der Waals surface area contributed by atoms with Crippen LogP contribution >= 0.6 is 11.8 Å². The van der Waals surface area contributed by atoms with Gasteiger partial charge in [-0.2, -0.15) is 0 Å². The first-order valence-corrected chi connectivity index (χ1v) is 12.6. The molecule has 0 spiro atoms. The average Bonchev–Trinajstić information content (AvgIpc) is 3.16. The van der Waals surface area contributed by atoms with Crippen molar-refractivity contribution >= 4 is 34.8 Å². The molecule has 0 aliphatic carbocycles. The van der Waals surface area contributed by atoms with Crippen LogP contribution in [-0.4, -0.2) is 35.4 Å². The molecule has 2 aliphatic rings. The number of unbranched alkanes of at least 4 members (excludes halogenated alkanes) is 6. The lowest BCUT2D eigenvalue weighted by atomic mass is 10.0. The van der Waals surface area contributed by atoms with Gasteiger partial charge in [0, 0.05) is 30.9 Å². The summed E-state index contributed by atoms with van der Waals surface area (Å²) in [5.41, 5.74) is 3.16. The molecule has 1 aromatic carbocycles. The van der Waals surface area contributed by atoms with Crippen LogP contribution in [0.5, 0.6) is 0 Å². The fourth-order valence-electron chi connectivity index (χ4n) is 4.03. The highest BCUT2D eigenvalue weighted by Crippen LogP contribution is 2.39. The molecular formula is C25H35N3O2S. The highest BCUT2D eigenvalue weighted by molar-refractivity contribution is 8.18. The number of hydrogen-bond acceptors (Lipinski definition) is 5. The van der Waals surface area contributed by atoms with Gasteiger partial charge in [0.15, 0.2) is 5.17 Å². The lowest BCUT2D eigenvalue weighted by molar-refractivity contribution is -0.112. The average molecular weight is 442 g/mol. The molecule has 0 fully saturated rings. The molecule has 0 bridgehead atoms. The van der Waals surface area contributed by atoms with E-state index in [1.54, 1.807) is 0 Å². The van der Waals surface area contributed by atoms with E-state index in [1.807, 2.05) is 12.1 Å². The number of allylic oxidation sites excluding steroid dienone is 1. The number of aryl methyl sites for hydroxylation is 1. The van der Waals surface area contributed by atoms with Crippen LogP contribution in [0.2, 0.25) is 0 Å². The van der Waals surface area contributed by atoms with E-state index in [0.29, 0.717) is 6.42 Å². The highest BCUT2D eigenvalue weighted by Gasteiger charge is 2.33. The summed E-state index contributed by atoms with van der Waals surface area (Å²) >= 11 is 1.47. The maximum atomic E-state index is 13.0. The summed E-state index contributed by atoms with van der Waals surface area (Å²) in [6.45, 7) is 3.96. The number of amidine groups is 1. The first-order valence-electron chi connectivity index (χ1n) is 11.8. The molecule has 1 N–H and O–H groups in total. The molecule has 1 amide bonds. The van der Waals surface area contributed by atoms with E-state index in [0.717, 1.165) is 66.5 Å². The number of anilines is 1. The van der Waals surface area contributed by atoms with Crippen molar-refractivity contribution < 1.29 is 9.59 Å². The molecule has 0 unspecified atom stereocenters. The van der Waals surface area contributed by atoms with E-state index in [2.05, 4.69) is 34.3 Å². The van der Waals surface area contributed by atoms with Gasteiger partial charge >= 0.3 is 0 Å². The van der Waals surface area contributed by atoms with E-state index in [-0.39, 0.29) is 5.91 Å². The maximum absolute atomic E-state index is 13.0. The molecular weight excluding hydrogens is 406 g/mol. The van der Waals surface area contributed by atoms with Crippen LogP contribution < -0.4 is 5.32 Å². The van der Waals surface area contributed by atoms with Crippen molar-refractivity contribution in [1.29, 1.82) is 0 Å². The zero-order valence-corrected chi connectivity index (χ0v) is 19.5. The second-order valence-electron chi connectivity index (χ2n) is 8.28. The van der Waals surface area contributed by atoms with Gasteiger partial charge in [0.25, 0.3) is 5.91 Å². The number of thioether (sulfide) groups is 1. The second kappa shape index (κ2) is 12.7. The first kappa shape index (κ1) is 23.6. The molecule has 0 atom stereocenters. The molecule has 0 saturated heterocycles. The molecule has 3 rings (SSSR count). The van der Waals surface area contributed by atoms with Crippen molar-refractivity contribution in [2.24, 2.45) is 4.99 Å². The van der Waals surface area contributed by atoms with Crippen LogP contribution in [0, 0.1) is 0 Å². The van der Waals surface area contributed by atoms with Crippen LogP contribution in [0.4, 0.5) is 5.69 Å². The number of carbonyl (C=O) groups excluding carboxylic acids is 2. The van der Waals surface area contributed by atoms with Crippen LogP contribution in [0.25, 0.3) is 0 Å². The fourth-order valence-corrected chi connectivity index (χ4v) is 5.15. The molecule has 1 aromatic rings. The minimum Gasteiger partial charge on any atom is -0.323 e. The lowest BCUT2D eigenvalue weighted by Gasteiger charge is -2.25. The quantitative estimate of drug-likeness (QED) is 0.305. The molecule has 168 valence electrons. The van der Waals surface area contributed by atoms with Crippen molar-refractivity contribution in [2.45, 2.75) is 77.6 Å². The number of rotatable bonds is 13. The van der Waals surface area contributed by atoms with E-state index in [9.17, 15) is 9.59 Å². The van der Waals surface area contributed by atoms with Gasteiger partial charge in [-0.25, -0.2) is 0 Å². The highest BCUT2D eigenvalue weighted by atomic mass is 32.2. The normalized spacial score (nSPS) is 15.6. The number of fused-ring (bicyclic) bond motifs is 1. The Morgan fingerprint density at radius 3 is 2.65 bits per heavy atom. The van der Waals surface area contributed by atoms with Crippen LogP contribution in [0.3, 0.4) is 0 Å². The Bertz CT molecular complexity index is 801. The zero-order valence-electron chi connectivity index (χ0n) is 18.7. The molecule has 5 nitrogen and oxygen atoms in total. The number of carbonyl (C=O) groups is 2. The Hall–Kier alpha value is -2.08. The summed E-state index contributed by atoms with van der Waals surface area (Å²) in [4.78, 5) is 31.3. The monoisotopic (exact) mass is 441 g/mol. The van der Waals surface area contributed by atoms with E-state index in [4.69, 9.17) is 0 Å². The predicted molar refractivity (Wildman–Crippen MR) is 130 cm³/mol. The summed E-state index contributed by atoms with van der Waals surface area (Å²) in [6.07, 6.45) is 12.8. The number of amides is 1. The largest absolute Gasteiger partial charge is 0.323 e. The number of nitrogens with zero attached hydrogens (tertiary/aromatic N) is 2. The first-order chi connectivity index (χ1) is 15.2. The van der Waals surface area contributed by atoms with Crippen LogP contribution in [0.15, 0.2) is 39.9 Å². The number of aliphatic imine (C=N–C) groups is 1. The smallest absolute Gasteiger partial charge is 0.264 e. The van der Waals surface area contributed by atoms with Gasteiger partial charge in [-0.15, -0.1) is 0 Å². The SMILES string of the molecule is CCCCCCCCc1ccc(NC(=O)C2=C(CCCC=O)N3CCCN=C3S2)cc1. The van der Waals surface area contributed by atoms with Gasteiger partial charge in [0.05, 0.1) is 4.91 Å². The van der Waals surface area contributed by atoms with Crippen molar-refractivity contribution in [3.05, 3.63) is 40.4 Å². The summed E-state index contributed by atoms with van der Waals surface area (Å²) in [7, 11) is 0. The van der Waals surface area contributed by atoms with E-state index in [1.165, 1.54) is 55.9 Å². The Balaban J connectivity index is 1.56. The van der Waals surface area contributed by atoms with E-state index < -0.39 is 0 Å². The number of aldehydes is 1. The van der Waals surface area contributed by atoms with E-state index >= 15 is 0 Å². The van der Waals surface area contributed by atoms with Gasteiger partial charge in [-0.3, -0.25) is 9.79 Å². The van der Waals surface area contributed by atoms with Crippen LogP contribution in [0.1, 0.15) is 76.7 Å². The zero-order chi connectivity index (χ0) is 21.9. The van der Waals surface area contributed by atoms with Crippen molar-refractivity contribution in [1.82, 2.24) is 4.90 Å². The number of benzene rings is 1. The van der Waals surface area contributed by atoms with Crippen molar-refractivity contribution in [2.75, 3.05) is 18.4 Å². The topological polar surface area (TPSA) is 61.8 Å². The minimum atomic E-state index is -0.0770. The Morgan fingerprint density at radius 2 is 1.87 bits per heavy atom. The third-order valence-electron chi connectivity index (χ3n) is 5.77. The predicted octanol–water partition coefficient (Wildman–Crippen LogP) is 5.92. The van der Waals surface area contributed by atoms with Gasteiger partial charge in [0.1, 0.15) is 6.29 Å².